The number of anilines is 4. The van der Waals surface area contributed by atoms with E-state index in [4.69, 9.17) is 43.6 Å². The number of aromatic nitrogens is 4. The van der Waals surface area contributed by atoms with Gasteiger partial charge in [0.25, 0.3) is 0 Å². The Morgan fingerprint density at radius 2 is 1.29 bits per heavy atom. The molecule has 3 aromatic rings. The van der Waals surface area contributed by atoms with E-state index >= 15 is 0 Å². The van der Waals surface area contributed by atoms with Crippen LogP contribution >= 0.6 is 0 Å². The van der Waals surface area contributed by atoms with Gasteiger partial charge in [-0.3, -0.25) is 0 Å². The molecule has 16 heteroatoms. The second-order valence-electron chi connectivity index (χ2n) is 11.7. The van der Waals surface area contributed by atoms with E-state index in [1.54, 1.807) is 53.7 Å². The van der Waals surface area contributed by atoms with E-state index in [9.17, 15) is 13.2 Å². The van der Waals surface area contributed by atoms with Crippen molar-refractivity contribution in [1.82, 2.24) is 19.9 Å². The zero-order valence-corrected chi connectivity index (χ0v) is 29.1. The van der Waals surface area contributed by atoms with Crippen molar-refractivity contribution in [1.29, 1.82) is 0 Å². The molecular weight excluding hydrogens is 645 g/mol. The maximum Gasteiger partial charge on any atom is 0.393 e. The van der Waals surface area contributed by atoms with E-state index in [2.05, 4.69) is 10.2 Å². The highest BCUT2D eigenvalue weighted by Gasteiger charge is 2.29. The number of ether oxygens (including phenoxy) is 5. The predicted octanol–water partition coefficient (Wildman–Crippen LogP) is 3.95. The summed E-state index contributed by atoms with van der Waals surface area (Å²) >= 11 is 0. The van der Waals surface area contributed by atoms with Crippen molar-refractivity contribution < 1.29 is 36.9 Å². The second kappa shape index (κ2) is 19.0. The van der Waals surface area contributed by atoms with Gasteiger partial charge in [0.2, 0.25) is 11.9 Å². The third kappa shape index (κ3) is 11.2. The first-order valence-corrected chi connectivity index (χ1v) is 16.4. The summed E-state index contributed by atoms with van der Waals surface area (Å²) < 4.78 is 66.8. The van der Waals surface area contributed by atoms with Crippen LogP contribution in [0.1, 0.15) is 24.0 Å². The van der Waals surface area contributed by atoms with Crippen molar-refractivity contribution >= 4 is 34.6 Å². The maximum absolute atomic E-state index is 13.2. The molecule has 0 atom stereocenters. The lowest BCUT2D eigenvalue weighted by atomic mass is 10.1. The van der Waals surface area contributed by atoms with Crippen LogP contribution in [0.4, 0.5) is 36.7 Å². The molecule has 0 saturated carbocycles. The Hall–Kier alpha value is -3.57. The maximum atomic E-state index is 13.2. The van der Waals surface area contributed by atoms with Gasteiger partial charge in [-0.2, -0.15) is 23.1 Å². The van der Waals surface area contributed by atoms with Gasteiger partial charge in [-0.1, -0.05) is 24.3 Å². The molecule has 13 nitrogen and oxygen atoms in total. The number of hydrogen-bond acceptors (Lipinski definition) is 13. The lowest BCUT2D eigenvalue weighted by Gasteiger charge is -2.33. The summed E-state index contributed by atoms with van der Waals surface area (Å²) in [6.45, 7) is 5.40. The molecule has 0 unspecified atom stereocenters. The number of hydrogen-bond donors (Lipinski definition) is 1. The standard InChI is InChI=1S/C33H49F3N8O5/c1-45-17-13-43(14-18-46-2)31-39-28-27(29(40-31)37-23-25-8-6-7-24(21-25)22-33(34,35)36)38-32(44(15-19-47-3)16-20-48-4)41-30(28)42-11-9-26(49-5)10-12-42/h6-8,21,26H,9-20,22-23H2,1-5H3,(H,37,39,40). The number of benzene rings is 1. The molecule has 0 aliphatic carbocycles. The molecule has 1 aliphatic heterocycles. The average molecular weight is 695 g/mol. The number of nitrogens with one attached hydrogen (secondary N) is 1. The fourth-order valence-electron chi connectivity index (χ4n) is 5.60. The lowest BCUT2D eigenvalue weighted by molar-refractivity contribution is -0.127. The molecule has 1 aliphatic rings. The quantitative estimate of drug-likeness (QED) is 0.184. The Morgan fingerprint density at radius 3 is 1.82 bits per heavy atom. The smallest absolute Gasteiger partial charge is 0.383 e. The first-order chi connectivity index (χ1) is 23.7. The number of alkyl halides is 3. The van der Waals surface area contributed by atoms with Crippen LogP contribution in [0.15, 0.2) is 24.3 Å². The third-order valence-electron chi connectivity index (χ3n) is 8.26. The minimum atomic E-state index is -4.31. The van der Waals surface area contributed by atoms with E-state index in [-0.39, 0.29) is 18.2 Å². The molecule has 1 fully saturated rings. The predicted molar refractivity (Wildman–Crippen MR) is 183 cm³/mol. The Kier molecular flexibility index (Phi) is 14.8. The molecule has 49 heavy (non-hydrogen) atoms. The van der Waals surface area contributed by atoms with Crippen LogP contribution in [-0.2, 0) is 36.6 Å². The van der Waals surface area contributed by atoms with E-state index < -0.39 is 12.6 Å². The summed E-state index contributed by atoms with van der Waals surface area (Å²) in [6.07, 6.45) is -3.53. The molecule has 0 spiro atoms. The summed E-state index contributed by atoms with van der Waals surface area (Å²) in [7, 11) is 8.27. The van der Waals surface area contributed by atoms with Crippen LogP contribution in [0, 0.1) is 0 Å². The second-order valence-corrected chi connectivity index (χ2v) is 11.7. The molecule has 1 saturated heterocycles. The van der Waals surface area contributed by atoms with Crippen LogP contribution in [0.25, 0.3) is 11.0 Å². The summed E-state index contributed by atoms with van der Waals surface area (Å²) in [5.74, 6) is 1.98. The van der Waals surface area contributed by atoms with Crippen LogP contribution in [0.2, 0.25) is 0 Å². The van der Waals surface area contributed by atoms with Gasteiger partial charge in [-0.05, 0) is 24.0 Å². The first kappa shape index (κ1) is 38.2. The molecule has 0 bridgehead atoms. The van der Waals surface area contributed by atoms with Crippen LogP contribution in [0.3, 0.4) is 0 Å². The Balaban J connectivity index is 1.87. The molecule has 272 valence electrons. The minimum Gasteiger partial charge on any atom is -0.383 e. The molecular formula is C33H49F3N8O5. The number of nitrogens with zero attached hydrogens (tertiary/aromatic N) is 7. The van der Waals surface area contributed by atoms with Gasteiger partial charge < -0.3 is 43.7 Å². The van der Waals surface area contributed by atoms with Crippen molar-refractivity contribution in [3.05, 3.63) is 35.4 Å². The van der Waals surface area contributed by atoms with Crippen LogP contribution in [0.5, 0.6) is 0 Å². The Morgan fingerprint density at radius 1 is 0.755 bits per heavy atom. The van der Waals surface area contributed by atoms with Gasteiger partial charge in [0, 0.05) is 81.4 Å². The molecule has 2 aromatic heterocycles. The molecule has 0 radical (unpaired) electrons. The number of fused-ring (bicyclic) bond motifs is 1. The van der Waals surface area contributed by atoms with Crippen molar-refractivity contribution in [3.8, 4) is 0 Å². The van der Waals surface area contributed by atoms with Crippen LogP contribution < -0.4 is 20.0 Å². The van der Waals surface area contributed by atoms with Crippen molar-refractivity contribution in [2.75, 3.05) is 121 Å². The van der Waals surface area contributed by atoms with E-state index in [1.807, 2.05) is 9.80 Å². The summed E-state index contributed by atoms with van der Waals surface area (Å²) in [6, 6.07) is 6.44. The van der Waals surface area contributed by atoms with Gasteiger partial charge in [0.15, 0.2) is 11.6 Å². The Bertz CT molecular complexity index is 1430. The topological polar surface area (TPSA) is 119 Å². The molecule has 1 aromatic carbocycles. The van der Waals surface area contributed by atoms with Gasteiger partial charge in [-0.25, -0.2) is 9.97 Å². The molecule has 1 N–H and O–H groups in total. The summed E-state index contributed by atoms with van der Waals surface area (Å²) in [5, 5.41) is 3.38. The highest BCUT2D eigenvalue weighted by Crippen LogP contribution is 2.33. The van der Waals surface area contributed by atoms with Gasteiger partial charge >= 0.3 is 6.18 Å². The number of rotatable bonds is 20. The fraction of sp³-hybridized carbons (Fsp3) is 0.636. The van der Waals surface area contributed by atoms with Gasteiger partial charge in [0.05, 0.1) is 39.0 Å². The zero-order valence-electron chi connectivity index (χ0n) is 29.1. The molecule has 3 heterocycles. The SMILES string of the molecule is COCCN(CCOC)c1nc(N2CCC(OC)CC2)c2nc(N(CCOC)CCOC)nc(NCc3cccc(CC(F)(F)F)c3)c2n1. The number of methoxy groups -OCH3 is 5. The van der Waals surface area contributed by atoms with E-state index in [1.165, 1.54) is 6.07 Å². The monoisotopic (exact) mass is 694 g/mol. The number of halogens is 3. The fourth-order valence-corrected chi connectivity index (χ4v) is 5.60. The van der Waals surface area contributed by atoms with E-state index in [0.29, 0.717) is 106 Å². The minimum absolute atomic E-state index is 0.151. The number of piperidine rings is 1. The average Bonchev–Trinajstić information content (AvgIpc) is 3.09. The first-order valence-electron chi connectivity index (χ1n) is 16.4. The molecule has 0 amide bonds. The molecule has 4 rings (SSSR count). The van der Waals surface area contributed by atoms with Gasteiger partial charge in [0.1, 0.15) is 11.0 Å². The highest BCUT2D eigenvalue weighted by atomic mass is 19.4. The van der Waals surface area contributed by atoms with Gasteiger partial charge in [-0.15, -0.1) is 0 Å². The Labute approximate surface area is 286 Å². The van der Waals surface area contributed by atoms with Crippen molar-refractivity contribution in [2.24, 2.45) is 0 Å². The third-order valence-corrected chi connectivity index (χ3v) is 8.26. The van der Waals surface area contributed by atoms with Crippen molar-refractivity contribution in [2.45, 2.75) is 38.1 Å². The van der Waals surface area contributed by atoms with E-state index in [0.717, 1.165) is 12.8 Å². The lowest BCUT2D eigenvalue weighted by Crippen LogP contribution is -2.38. The summed E-state index contributed by atoms with van der Waals surface area (Å²) in [5.41, 5.74) is 1.89. The highest BCUT2D eigenvalue weighted by molar-refractivity contribution is 5.95. The normalized spacial score (nSPS) is 14.1. The largest absolute Gasteiger partial charge is 0.393 e. The van der Waals surface area contributed by atoms with Crippen molar-refractivity contribution in [3.63, 3.8) is 0 Å². The van der Waals surface area contributed by atoms with Crippen LogP contribution in [-0.4, -0.2) is 133 Å². The zero-order chi connectivity index (χ0) is 35.2. The summed E-state index contributed by atoms with van der Waals surface area (Å²) in [4.78, 5) is 26.3.